The Bertz CT molecular complexity index is 1340. The first kappa shape index (κ1) is 28.6. The van der Waals surface area contributed by atoms with Crippen LogP contribution in [0.3, 0.4) is 0 Å². The van der Waals surface area contributed by atoms with E-state index in [1.807, 2.05) is 0 Å². The van der Waals surface area contributed by atoms with E-state index in [0.717, 1.165) is 5.56 Å². The van der Waals surface area contributed by atoms with Gasteiger partial charge in [0.25, 0.3) is 5.91 Å². The second-order valence-corrected chi connectivity index (χ2v) is 9.73. The molecule has 10 heteroatoms. The number of aliphatic hydroxyl groups is 1. The minimum absolute atomic E-state index is 0.0452. The zero-order valence-electron chi connectivity index (χ0n) is 21.0. The van der Waals surface area contributed by atoms with Crippen molar-refractivity contribution in [1.29, 1.82) is 0 Å². The van der Waals surface area contributed by atoms with E-state index in [9.17, 15) is 9.18 Å². The monoisotopic (exact) mass is 571 g/mol. The summed E-state index contributed by atoms with van der Waals surface area (Å²) in [6.45, 7) is 4.54. The number of carbonyl (C=O) groups excluding carboxylic acids is 1. The molecule has 2 atom stereocenters. The second-order valence-electron chi connectivity index (χ2n) is 8.88. The number of nitrogens with zero attached hydrogens (tertiary/aromatic N) is 1. The van der Waals surface area contributed by atoms with Crippen molar-refractivity contribution in [2.45, 2.75) is 31.0 Å². The summed E-state index contributed by atoms with van der Waals surface area (Å²) in [6, 6.07) is 18.0. The van der Waals surface area contributed by atoms with E-state index in [1.54, 1.807) is 60.7 Å². The fourth-order valence-electron chi connectivity index (χ4n) is 4.16. The molecule has 0 spiro atoms. The zero-order valence-corrected chi connectivity index (χ0v) is 22.5. The Hall–Kier alpha value is -3.43. The Kier molecular flexibility index (Phi) is 9.59. The molecule has 4 rings (SSSR count). The number of hydrazine groups is 1. The van der Waals surface area contributed by atoms with Gasteiger partial charge in [0, 0.05) is 47.2 Å². The summed E-state index contributed by atoms with van der Waals surface area (Å²) in [4.78, 5) is 18.6. The third-order valence-electron chi connectivity index (χ3n) is 6.14. The van der Waals surface area contributed by atoms with Crippen LogP contribution < -0.4 is 15.6 Å². The first-order chi connectivity index (χ1) is 18.9. The lowest BCUT2D eigenvalue weighted by Gasteiger charge is -2.30. The van der Waals surface area contributed by atoms with E-state index in [0.29, 0.717) is 39.9 Å². The second kappa shape index (κ2) is 13.1. The summed E-state index contributed by atoms with van der Waals surface area (Å²) in [5, 5.41) is 9.73. The van der Waals surface area contributed by atoms with Crippen LogP contribution in [0.4, 0.5) is 4.39 Å². The number of rotatable bonds is 12. The zero-order chi connectivity index (χ0) is 27.8. The highest BCUT2D eigenvalue weighted by Gasteiger charge is 2.53. The summed E-state index contributed by atoms with van der Waals surface area (Å²) in [7, 11) is 0. The Morgan fingerprint density at radius 3 is 2.56 bits per heavy atom. The van der Waals surface area contributed by atoms with Gasteiger partial charge in [0.15, 0.2) is 11.6 Å². The molecule has 0 aliphatic carbocycles. The van der Waals surface area contributed by atoms with Gasteiger partial charge in [-0.15, -0.1) is 6.58 Å². The van der Waals surface area contributed by atoms with Gasteiger partial charge in [-0.05, 0) is 54.1 Å². The molecule has 0 saturated heterocycles. The molecule has 39 heavy (non-hydrogen) atoms. The number of halogens is 3. The number of hydrogen-bond acceptors (Lipinski definition) is 6. The number of amides is 1. The van der Waals surface area contributed by atoms with Gasteiger partial charge >= 0.3 is 0 Å². The van der Waals surface area contributed by atoms with Crippen molar-refractivity contribution in [1.82, 2.24) is 10.9 Å². The van der Waals surface area contributed by atoms with Gasteiger partial charge in [-0.1, -0.05) is 47.5 Å². The molecule has 0 bridgehead atoms. The van der Waals surface area contributed by atoms with Crippen LogP contribution >= 0.6 is 23.2 Å². The molecule has 1 aliphatic rings. The maximum Gasteiger partial charge on any atom is 0.266 e. The van der Waals surface area contributed by atoms with E-state index >= 15 is 0 Å². The summed E-state index contributed by atoms with van der Waals surface area (Å²) in [5.41, 5.74) is 6.13. The van der Waals surface area contributed by atoms with Gasteiger partial charge < -0.3 is 14.6 Å². The van der Waals surface area contributed by atoms with Gasteiger partial charge in [0.1, 0.15) is 11.6 Å². The van der Waals surface area contributed by atoms with Crippen LogP contribution in [0.1, 0.15) is 35.6 Å². The molecule has 1 heterocycles. The summed E-state index contributed by atoms with van der Waals surface area (Å²) in [6.07, 6.45) is 1.38. The number of benzene rings is 3. The van der Waals surface area contributed by atoms with Crippen molar-refractivity contribution in [3.05, 3.63) is 112 Å². The van der Waals surface area contributed by atoms with Crippen LogP contribution in [0.2, 0.25) is 10.0 Å². The van der Waals surface area contributed by atoms with Crippen LogP contribution in [-0.4, -0.2) is 35.7 Å². The lowest BCUT2D eigenvalue weighted by Crippen LogP contribution is -2.52. The summed E-state index contributed by atoms with van der Waals surface area (Å²) >= 11 is 12.7. The topological polar surface area (TPSA) is 92.2 Å². The average Bonchev–Trinajstić information content (AvgIpc) is 3.31. The molecule has 1 aliphatic heterocycles. The summed E-state index contributed by atoms with van der Waals surface area (Å²) in [5.74, 6) is 0.0799. The van der Waals surface area contributed by atoms with Crippen LogP contribution in [0.15, 0.2) is 84.4 Å². The number of ether oxygens (including phenoxy) is 2. The highest BCUT2D eigenvalue weighted by atomic mass is 35.5. The third-order valence-corrected chi connectivity index (χ3v) is 6.70. The fraction of sp³-hybridized carbons (Fsp3) is 0.241. The lowest BCUT2D eigenvalue weighted by atomic mass is 9.84. The van der Waals surface area contributed by atoms with Gasteiger partial charge in [0.2, 0.25) is 5.90 Å². The average molecular weight is 572 g/mol. The number of hydrogen-bond donors (Lipinski definition) is 3. The van der Waals surface area contributed by atoms with Gasteiger partial charge in [0.05, 0.1) is 6.61 Å². The molecule has 0 saturated carbocycles. The minimum atomic E-state index is -1.44. The van der Waals surface area contributed by atoms with Crippen molar-refractivity contribution in [2.75, 3.05) is 13.2 Å². The van der Waals surface area contributed by atoms with Gasteiger partial charge in [-0.2, -0.15) is 0 Å². The number of nitrogens with one attached hydrogen (secondary N) is 2. The van der Waals surface area contributed by atoms with Crippen LogP contribution in [0.5, 0.6) is 5.75 Å². The molecule has 1 amide bonds. The quantitative estimate of drug-likeness (QED) is 0.151. The molecule has 204 valence electrons. The minimum Gasteiger partial charge on any atom is -0.494 e. The van der Waals surface area contributed by atoms with Crippen LogP contribution in [0.25, 0.3) is 0 Å². The molecule has 3 N–H and O–H groups in total. The molecule has 7 nitrogen and oxygen atoms in total. The molecule has 0 radical (unpaired) electrons. The van der Waals surface area contributed by atoms with Crippen molar-refractivity contribution in [3.8, 4) is 5.75 Å². The van der Waals surface area contributed by atoms with Crippen molar-refractivity contribution in [3.63, 3.8) is 0 Å². The molecule has 0 fully saturated rings. The molecule has 0 aromatic heterocycles. The Balaban J connectivity index is 1.64. The molecular formula is C29H28Cl2FN3O4. The van der Waals surface area contributed by atoms with Crippen LogP contribution in [-0.2, 0) is 16.1 Å². The molecule has 0 unspecified atom stereocenters. The summed E-state index contributed by atoms with van der Waals surface area (Å²) < 4.78 is 25.2. The van der Waals surface area contributed by atoms with Gasteiger partial charge in [-0.25, -0.2) is 14.8 Å². The smallest absolute Gasteiger partial charge is 0.266 e. The van der Waals surface area contributed by atoms with Gasteiger partial charge in [-0.3, -0.25) is 10.2 Å². The first-order valence-electron chi connectivity index (χ1n) is 12.3. The Labute approximate surface area is 236 Å². The fourth-order valence-corrected chi connectivity index (χ4v) is 4.67. The Morgan fingerprint density at radius 2 is 1.90 bits per heavy atom. The maximum absolute atomic E-state index is 13.8. The number of carbonyl (C=O) groups is 1. The predicted octanol–water partition coefficient (Wildman–Crippen LogP) is 5.55. The molecule has 3 aromatic carbocycles. The predicted molar refractivity (Wildman–Crippen MR) is 149 cm³/mol. The van der Waals surface area contributed by atoms with Crippen molar-refractivity contribution >= 4 is 35.0 Å². The van der Waals surface area contributed by atoms with Crippen LogP contribution in [0, 0.1) is 5.82 Å². The highest BCUT2D eigenvalue weighted by molar-refractivity contribution is 6.35. The third kappa shape index (κ3) is 6.78. The SMILES string of the molecule is C=CC[C@]1(C(=O)NNCc2ccc(F)cc2)N=C(c2ccc(OCCCO)cc2)O[C@H]1c1ccc(Cl)cc1Cl. The number of aliphatic imine (C=N–C) groups is 1. The standard InChI is InChI=1S/C29H28Cl2FN3O4/c1-2-14-29(28(37)35-33-18-19-4-9-22(32)10-5-19)26(24-13-8-21(30)17-25(24)31)39-27(34-29)20-6-11-23(12-7-20)38-16-3-15-36/h2,4-13,17,26,33,36H,1,3,14-16,18H2,(H,35,37)/t26-,29-/m0/s1. The number of aliphatic hydroxyl groups excluding tert-OH is 1. The highest BCUT2D eigenvalue weighted by Crippen LogP contribution is 2.45. The van der Waals surface area contributed by atoms with E-state index < -0.39 is 17.6 Å². The Morgan fingerprint density at radius 1 is 1.15 bits per heavy atom. The van der Waals surface area contributed by atoms with E-state index in [-0.39, 0.29) is 31.3 Å². The van der Waals surface area contributed by atoms with Crippen molar-refractivity contribution < 1.29 is 23.8 Å². The largest absolute Gasteiger partial charge is 0.494 e. The van der Waals surface area contributed by atoms with E-state index in [4.69, 9.17) is 42.8 Å². The molecule has 3 aromatic rings. The van der Waals surface area contributed by atoms with E-state index in [1.165, 1.54) is 12.1 Å². The first-order valence-corrected chi connectivity index (χ1v) is 13.1. The lowest BCUT2D eigenvalue weighted by molar-refractivity contribution is -0.129. The van der Waals surface area contributed by atoms with E-state index in [2.05, 4.69) is 17.4 Å². The van der Waals surface area contributed by atoms with Crippen molar-refractivity contribution in [2.24, 2.45) is 4.99 Å². The maximum atomic E-state index is 13.8. The normalized spacial score (nSPS) is 18.3. The molecular weight excluding hydrogens is 544 g/mol.